The fourth-order valence-electron chi connectivity index (χ4n) is 3.46. The van der Waals surface area contributed by atoms with Gasteiger partial charge in [0.05, 0.1) is 5.69 Å². The summed E-state index contributed by atoms with van der Waals surface area (Å²) < 4.78 is 14.2. The van der Waals surface area contributed by atoms with E-state index in [0.29, 0.717) is 18.5 Å². The quantitative estimate of drug-likeness (QED) is 0.783. The van der Waals surface area contributed by atoms with Crippen LogP contribution in [0.15, 0.2) is 12.1 Å². The maximum absolute atomic E-state index is 14.2. The number of rotatable bonds is 4. The van der Waals surface area contributed by atoms with Gasteiger partial charge in [-0.1, -0.05) is 6.42 Å². The highest BCUT2D eigenvalue weighted by molar-refractivity contribution is 5.95. The minimum Gasteiger partial charge on any atom is -0.334 e. The zero-order chi connectivity index (χ0) is 17.8. The fourth-order valence-corrected chi connectivity index (χ4v) is 3.46. The third kappa shape index (κ3) is 4.69. The molecule has 3 amide bonds. The van der Waals surface area contributed by atoms with Crippen molar-refractivity contribution < 1.29 is 14.0 Å². The number of likely N-dealkylation sites (tertiary alicyclic amines) is 1. The summed E-state index contributed by atoms with van der Waals surface area (Å²) in [4.78, 5) is 25.9. The van der Waals surface area contributed by atoms with E-state index in [9.17, 15) is 14.0 Å². The Morgan fingerprint density at radius 1 is 1.28 bits per heavy atom. The first-order chi connectivity index (χ1) is 12.0. The van der Waals surface area contributed by atoms with Crippen molar-refractivity contribution in [3.05, 3.63) is 23.5 Å². The standard InChI is InChI=1S/C18H25FN4O2/c1-12(11-23-7-3-2-4-8-23)20-18(25)22-16-9-13-5-6-17(24)21-15(13)10-14(16)19/h9-10,12H,2-8,11H2,1H3,(H,21,24)(H2,20,22,25)/t12-/m0/s1. The molecule has 0 aromatic heterocycles. The lowest BCUT2D eigenvalue weighted by Gasteiger charge is -2.29. The molecule has 0 bridgehead atoms. The molecule has 0 saturated carbocycles. The Balaban J connectivity index is 1.56. The summed E-state index contributed by atoms with van der Waals surface area (Å²) >= 11 is 0. The molecule has 0 aliphatic carbocycles. The van der Waals surface area contributed by atoms with Crippen LogP contribution in [0.4, 0.5) is 20.6 Å². The second kappa shape index (κ2) is 7.82. The first kappa shape index (κ1) is 17.7. The molecule has 1 saturated heterocycles. The molecule has 136 valence electrons. The van der Waals surface area contributed by atoms with Crippen LogP contribution >= 0.6 is 0 Å². The van der Waals surface area contributed by atoms with Gasteiger partial charge in [-0.2, -0.15) is 0 Å². The first-order valence-corrected chi connectivity index (χ1v) is 8.93. The van der Waals surface area contributed by atoms with E-state index in [-0.39, 0.29) is 17.6 Å². The molecule has 1 atom stereocenters. The highest BCUT2D eigenvalue weighted by Crippen LogP contribution is 2.28. The number of carbonyl (C=O) groups excluding carboxylic acids is 2. The van der Waals surface area contributed by atoms with Gasteiger partial charge < -0.3 is 20.9 Å². The van der Waals surface area contributed by atoms with E-state index in [2.05, 4.69) is 20.9 Å². The number of hydrogen-bond donors (Lipinski definition) is 3. The summed E-state index contributed by atoms with van der Waals surface area (Å²) in [6, 6.07) is 2.43. The van der Waals surface area contributed by atoms with Crippen LogP contribution in [0.5, 0.6) is 0 Å². The van der Waals surface area contributed by atoms with Crippen LogP contribution in [0.3, 0.4) is 0 Å². The minimum atomic E-state index is -0.556. The molecule has 1 fully saturated rings. The van der Waals surface area contributed by atoms with Crippen molar-refractivity contribution in [1.82, 2.24) is 10.2 Å². The Morgan fingerprint density at radius 2 is 2.04 bits per heavy atom. The van der Waals surface area contributed by atoms with E-state index < -0.39 is 11.8 Å². The summed E-state index contributed by atoms with van der Waals surface area (Å²) in [6.45, 7) is 4.89. The van der Waals surface area contributed by atoms with E-state index in [0.717, 1.165) is 25.2 Å². The van der Waals surface area contributed by atoms with Gasteiger partial charge in [0.15, 0.2) is 0 Å². The Kier molecular flexibility index (Phi) is 5.53. The number of halogens is 1. The molecule has 3 rings (SSSR count). The normalized spacial score (nSPS) is 18.9. The monoisotopic (exact) mass is 348 g/mol. The molecule has 25 heavy (non-hydrogen) atoms. The molecule has 1 aromatic carbocycles. The molecule has 6 nitrogen and oxygen atoms in total. The average molecular weight is 348 g/mol. The molecule has 0 spiro atoms. The van der Waals surface area contributed by atoms with Crippen molar-refractivity contribution in [3.8, 4) is 0 Å². The number of hydrogen-bond acceptors (Lipinski definition) is 3. The Morgan fingerprint density at radius 3 is 2.80 bits per heavy atom. The maximum atomic E-state index is 14.2. The smallest absolute Gasteiger partial charge is 0.319 e. The molecule has 2 aliphatic rings. The predicted octanol–water partition coefficient (Wildman–Crippen LogP) is 2.71. The van der Waals surface area contributed by atoms with Crippen LogP contribution in [0.2, 0.25) is 0 Å². The van der Waals surface area contributed by atoms with Gasteiger partial charge in [-0.15, -0.1) is 0 Å². The number of aryl methyl sites for hydroxylation is 1. The van der Waals surface area contributed by atoms with Crippen molar-refractivity contribution in [3.63, 3.8) is 0 Å². The number of benzene rings is 1. The highest BCUT2D eigenvalue weighted by atomic mass is 19.1. The number of carbonyl (C=O) groups is 2. The van der Waals surface area contributed by atoms with Crippen molar-refractivity contribution >= 4 is 23.3 Å². The number of piperidine rings is 1. The van der Waals surface area contributed by atoms with E-state index >= 15 is 0 Å². The number of nitrogens with one attached hydrogen (secondary N) is 3. The second-order valence-electron chi connectivity index (χ2n) is 6.90. The summed E-state index contributed by atoms with van der Waals surface area (Å²) in [5.74, 6) is -0.670. The summed E-state index contributed by atoms with van der Waals surface area (Å²) in [5, 5.41) is 8.09. The maximum Gasteiger partial charge on any atom is 0.319 e. The third-order valence-corrected chi connectivity index (χ3v) is 4.69. The molecule has 2 heterocycles. The van der Waals surface area contributed by atoms with Crippen LogP contribution in [0.1, 0.15) is 38.2 Å². The zero-order valence-corrected chi connectivity index (χ0v) is 14.5. The van der Waals surface area contributed by atoms with Crippen LogP contribution in [-0.4, -0.2) is 42.5 Å². The van der Waals surface area contributed by atoms with E-state index in [1.165, 1.54) is 25.3 Å². The van der Waals surface area contributed by atoms with Crippen molar-refractivity contribution in [2.24, 2.45) is 0 Å². The highest BCUT2D eigenvalue weighted by Gasteiger charge is 2.19. The topological polar surface area (TPSA) is 73.5 Å². The number of fused-ring (bicyclic) bond motifs is 1. The lowest BCUT2D eigenvalue weighted by Crippen LogP contribution is -2.45. The van der Waals surface area contributed by atoms with Crippen LogP contribution in [0.25, 0.3) is 0 Å². The number of urea groups is 1. The molecule has 2 aliphatic heterocycles. The van der Waals surface area contributed by atoms with Gasteiger partial charge in [-0.05, 0) is 57.0 Å². The number of amides is 3. The van der Waals surface area contributed by atoms with Gasteiger partial charge in [0.2, 0.25) is 5.91 Å². The van der Waals surface area contributed by atoms with E-state index in [4.69, 9.17) is 0 Å². The van der Waals surface area contributed by atoms with Crippen molar-refractivity contribution in [1.29, 1.82) is 0 Å². The van der Waals surface area contributed by atoms with Crippen LogP contribution < -0.4 is 16.0 Å². The Hall–Kier alpha value is -2.15. The lowest BCUT2D eigenvalue weighted by atomic mass is 10.0. The minimum absolute atomic E-state index is 0.0157. The van der Waals surface area contributed by atoms with Gasteiger partial charge in [0, 0.05) is 24.7 Å². The molecule has 1 aromatic rings. The third-order valence-electron chi connectivity index (χ3n) is 4.69. The summed E-state index contributed by atoms with van der Waals surface area (Å²) in [7, 11) is 0. The number of anilines is 2. The van der Waals surface area contributed by atoms with Crippen LogP contribution in [0, 0.1) is 5.82 Å². The summed E-state index contributed by atoms with van der Waals surface area (Å²) in [6.07, 6.45) is 4.60. The Bertz CT molecular complexity index is 659. The zero-order valence-electron chi connectivity index (χ0n) is 14.5. The SMILES string of the molecule is C[C@@H](CN1CCCCC1)NC(=O)Nc1cc2c(cc1F)NC(=O)CC2. The van der Waals surface area contributed by atoms with Gasteiger partial charge >= 0.3 is 6.03 Å². The molecule has 3 N–H and O–H groups in total. The number of nitrogens with zero attached hydrogens (tertiary/aromatic N) is 1. The van der Waals surface area contributed by atoms with E-state index in [1.807, 2.05) is 6.92 Å². The van der Waals surface area contributed by atoms with Crippen molar-refractivity contribution in [2.45, 2.75) is 45.1 Å². The Labute approximate surface area is 147 Å². The summed E-state index contributed by atoms with van der Waals surface area (Å²) in [5.41, 5.74) is 1.45. The molecular weight excluding hydrogens is 323 g/mol. The van der Waals surface area contributed by atoms with Crippen molar-refractivity contribution in [2.75, 3.05) is 30.3 Å². The van der Waals surface area contributed by atoms with Gasteiger partial charge in [0.25, 0.3) is 0 Å². The largest absolute Gasteiger partial charge is 0.334 e. The molecule has 0 radical (unpaired) electrons. The lowest BCUT2D eigenvalue weighted by molar-refractivity contribution is -0.116. The van der Waals surface area contributed by atoms with Gasteiger partial charge in [-0.3, -0.25) is 4.79 Å². The van der Waals surface area contributed by atoms with E-state index in [1.54, 1.807) is 6.07 Å². The van der Waals surface area contributed by atoms with Gasteiger partial charge in [0.1, 0.15) is 5.82 Å². The second-order valence-corrected chi connectivity index (χ2v) is 6.90. The van der Waals surface area contributed by atoms with Crippen LogP contribution in [-0.2, 0) is 11.2 Å². The first-order valence-electron chi connectivity index (χ1n) is 8.93. The fraction of sp³-hybridized carbons (Fsp3) is 0.556. The molecule has 0 unspecified atom stereocenters. The average Bonchev–Trinajstić information content (AvgIpc) is 2.56. The molecule has 7 heteroatoms. The van der Waals surface area contributed by atoms with Gasteiger partial charge in [-0.25, -0.2) is 9.18 Å². The molecular formula is C18H25FN4O2. The predicted molar refractivity (Wildman–Crippen MR) is 95.3 cm³/mol.